The van der Waals surface area contributed by atoms with Crippen molar-refractivity contribution in [2.75, 3.05) is 44.7 Å². The Morgan fingerprint density at radius 3 is 2.91 bits per heavy atom. The zero-order valence-corrected chi connectivity index (χ0v) is 19.1. The number of aromatic nitrogens is 3. The molecule has 2 aromatic heterocycles. The third-order valence-corrected chi connectivity index (χ3v) is 8.44. The summed E-state index contributed by atoms with van der Waals surface area (Å²) in [7, 11) is -2.05. The Morgan fingerprint density at radius 1 is 1.27 bits per heavy atom. The summed E-state index contributed by atoms with van der Waals surface area (Å²) in [6, 6.07) is 8.81. The summed E-state index contributed by atoms with van der Waals surface area (Å²) in [5.41, 5.74) is 0.869. The molecule has 3 aromatic rings. The van der Waals surface area contributed by atoms with Crippen molar-refractivity contribution in [1.29, 1.82) is 0 Å². The van der Waals surface area contributed by atoms with Crippen LogP contribution in [0.25, 0.3) is 15.9 Å². The quantitative estimate of drug-likeness (QED) is 0.536. The number of hydrogen-bond acceptors (Lipinski definition) is 6. The van der Waals surface area contributed by atoms with Crippen LogP contribution in [0.4, 0.5) is 11.5 Å². The Morgan fingerprint density at radius 2 is 2.12 bits per heavy atom. The fourth-order valence-electron chi connectivity index (χ4n) is 4.38. The number of benzene rings is 1. The maximum atomic E-state index is 13.4. The van der Waals surface area contributed by atoms with Gasteiger partial charge in [-0.15, -0.1) is 0 Å². The van der Waals surface area contributed by atoms with Gasteiger partial charge in [-0.3, -0.25) is 0 Å². The molecular weight excluding hydrogens is 442 g/mol. The molecule has 3 heterocycles. The molecule has 1 aliphatic carbocycles. The molecular formula is C22H25N7O3S. The molecule has 1 aromatic carbocycles. The summed E-state index contributed by atoms with van der Waals surface area (Å²) in [5.74, 6) is 1.40. The topological polar surface area (TPSA) is 99.0 Å². The van der Waals surface area contributed by atoms with Crippen molar-refractivity contribution < 1.29 is 13.2 Å². The van der Waals surface area contributed by atoms with Crippen LogP contribution in [-0.2, 0) is 10.2 Å². The van der Waals surface area contributed by atoms with Crippen LogP contribution in [0, 0.1) is 6.57 Å². The molecule has 1 aliphatic heterocycles. The summed E-state index contributed by atoms with van der Waals surface area (Å²) >= 11 is 0. The largest absolute Gasteiger partial charge is 0.494 e. The lowest BCUT2D eigenvalue weighted by Crippen LogP contribution is -2.60. The predicted octanol–water partition coefficient (Wildman–Crippen LogP) is 2.42. The third-order valence-electron chi connectivity index (χ3n) is 6.34. The van der Waals surface area contributed by atoms with Gasteiger partial charge in [0.1, 0.15) is 30.1 Å². The molecule has 0 amide bonds. The van der Waals surface area contributed by atoms with E-state index in [0.29, 0.717) is 31.1 Å². The number of anilines is 1. The van der Waals surface area contributed by atoms with Gasteiger partial charge in [-0.05, 0) is 31.0 Å². The van der Waals surface area contributed by atoms with E-state index in [-0.39, 0.29) is 13.2 Å². The van der Waals surface area contributed by atoms with Gasteiger partial charge in [0.05, 0.1) is 17.5 Å². The van der Waals surface area contributed by atoms with E-state index in [9.17, 15) is 8.42 Å². The Labute approximate surface area is 192 Å². The molecule has 11 heteroatoms. The molecule has 2 fully saturated rings. The van der Waals surface area contributed by atoms with Crippen LogP contribution >= 0.6 is 0 Å². The van der Waals surface area contributed by atoms with Gasteiger partial charge in [-0.25, -0.2) is 14.8 Å². The highest BCUT2D eigenvalue weighted by molar-refractivity contribution is 7.86. The van der Waals surface area contributed by atoms with Gasteiger partial charge in [-0.1, -0.05) is 12.1 Å². The first-order valence-electron chi connectivity index (χ1n) is 10.8. The van der Waals surface area contributed by atoms with E-state index in [1.165, 1.54) is 4.31 Å². The van der Waals surface area contributed by atoms with E-state index in [1.54, 1.807) is 41.9 Å². The molecule has 33 heavy (non-hydrogen) atoms. The summed E-state index contributed by atoms with van der Waals surface area (Å²) in [6.07, 6.45) is 5.04. The van der Waals surface area contributed by atoms with Gasteiger partial charge in [0, 0.05) is 39.4 Å². The monoisotopic (exact) mass is 467 g/mol. The molecule has 0 atom stereocenters. The van der Waals surface area contributed by atoms with E-state index in [4.69, 9.17) is 11.3 Å². The van der Waals surface area contributed by atoms with Crippen molar-refractivity contribution in [3.63, 3.8) is 0 Å². The molecule has 0 unspecified atom stereocenters. The number of H-pyrrole nitrogens is 1. The lowest BCUT2D eigenvalue weighted by molar-refractivity contribution is 0.237. The van der Waals surface area contributed by atoms with Crippen molar-refractivity contribution in [2.45, 2.75) is 18.4 Å². The van der Waals surface area contributed by atoms with Gasteiger partial charge >= 0.3 is 0 Å². The molecule has 1 saturated carbocycles. The molecule has 10 nitrogen and oxygen atoms in total. The van der Waals surface area contributed by atoms with Crippen molar-refractivity contribution in [3.05, 3.63) is 54.3 Å². The van der Waals surface area contributed by atoms with E-state index in [1.807, 2.05) is 12.3 Å². The van der Waals surface area contributed by atoms with Crippen molar-refractivity contribution in [2.24, 2.45) is 0 Å². The SMILES string of the molecule is [C-]#[N+]c1cccc(OCCN(C)S(=O)(=O)N2CCN(c3ncnc4[nH]ccc34)CC23CC3)c1. The zero-order valence-electron chi connectivity index (χ0n) is 18.3. The average Bonchev–Trinajstić information content (AvgIpc) is 3.39. The molecule has 1 saturated heterocycles. The number of piperazine rings is 1. The summed E-state index contributed by atoms with van der Waals surface area (Å²) in [6.45, 7) is 9.08. The molecule has 172 valence electrons. The van der Waals surface area contributed by atoms with Crippen LogP contribution in [0.1, 0.15) is 12.8 Å². The highest BCUT2D eigenvalue weighted by Crippen LogP contribution is 2.47. The van der Waals surface area contributed by atoms with Crippen LogP contribution in [-0.4, -0.2) is 77.4 Å². The number of likely N-dealkylation sites (N-methyl/N-ethyl adjacent to an activating group) is 1. The maximum absolute atomic E-state index is 13.4. The van der Waals surface area contributed by atoms with Crippen molar-refractivity contribution >= 4 is 32.7 Å². The first kappa shape index (κ1) is 21.6. The second-order valence-electron chi connectivity index (χ2n) is 8.44. The van der Waals surface area contributed by atoms with Crippen molar-refractivity contribution in [1.82, 2.24) is 23.6 Å². The Hall–Kier alpha value is -3.20. The molecule has 0 radical (unpaired) electrons. The first-order valence-corrected chi connectivity index (χ1v) is 12.2. The Kier molecular flexibility index (Phi) is 5.44. The molecule has 2 aliphatic rings. The van der Waals surface area contributed by atoms with Crippen LogP contribution < -0.4 is 9.64 Å². The minimum Gasteiger partial charge on any atom is -0.494 e. The van der Waals surface area contributed by atoms with E-state index < -0.39 is 15.7 Å². The first-order chi connectivity index (χ1) is 15.9. The zero-order chi connectivity index (χ0) is 23.1. The van der Waals surface area contributed by atoms with Crippen LogP contribution in [0.3, 0.4) is 0 Å². The minimum absolute atomic E-state index is 0.205. The Balaban J connectivity index is 1.25. The number of nitrogens with zero attached hydrogens (tertiary/aromatic N) is 6. The summed E-state index contributed by atoms with van der Waals surface area (Å²) in [5, 5.41) is 0.946. The van der Waals surface area contributed by atoms with E-state index in [0.717, 1.165) is 29.7 Å². The fourth-order valence-corrected chi connectivity index (χ4v) is 6.07. The molecule has 1 spiro atoms. The number of nitrogens with one attached hydrogen (secondary N) is 1. The lowest BCUT2D eigenvalue weighted by Gasteiger charge is -2.43. The number of rotatable bonds is 7. The van der Waals surface area contributed by atoms with E-state index >= 15 is 0 Å². The van der Waals surface area contributed by atoms with Gasteiger partial charge < -0.3 is 14.6 Å². The highest BCUT2D eigenvalue weighted by Gasteiger charge is 2.56. The maximum Gasteiger partial charge on any atom is 0.282 e. The third kappa shape index (κ3) is 4.01. The number of fused-ring (bicyclic) bond motifs is 1. The second-order valence-corrected chi connectivity index (χ2v) is 10.4. The molecule has 5 rings (SSSR count). The van der Waals surface area contributed by atoms with Crippen LogP contribution in [0.15, 0.2) is 42.9 Å². The Bertz CT molecular complexity index is 1310. The normalized spacial score (nSPS) is 18.0. The predicted molar refractivity (Wildman–Crippen MR) is 125 cm³/mol. The highest BCUT2D eigenvalue weighted by atomic mass is 32.2. The van der Waals surface area contributed by atoms with E-state index in [2.05, 4.69) is 24.7 Å². The second kappa shape index (κ2) is 8.30. The van der Waals surface area contributed by atoms with Crippen LogP contribution in [0.2, 0.25) is 0 Å². The number of hydrogen-bond donors (Lipinski definition) is 1. The van der Waals surface area contributed by atoms with Crippen LogP contribution in [0.5, 0.6) is 5.75 Å². The number of aromatic amines is 1. The standard InChI is InChI=1S/C22H25N7O3S/c1-23-17-4-3-5-18(14-17)32-13-12-27(2)33(30,31)29-11-10-28(15-22(29)7-8-22)21-19-6-9-24-20(19)25-16-26-21/h3-6,9,14,16H,7-8,10-13,15H2,2H3,(H,24,25,26). The van der Waals surface area contributed by atoms with Gasteiger partial charge in [-0.2, -0.15) is 17.0 Å². The van der Waals surface area contributed by atoms with Crippen molar-refractivity contribution in [3.8, 4) is 5.75 Å². The summed E-state index contributed by atoms with van der Waals surface area (Å²) < 4.78 is 35.5. The lowest BCUT2D eigenvalue weighted by atomic mass is 10.2. The van der Waals surface area contributed by atoms with Gasteiger partial charge in [0.25, 0.3) is 10.2 Å². The molecule has 1 N–H and O–H groups in total. The van der Waals surface area contributed by atoms with Gasteiger partial charge in [0.15, 0.2) is 5.69 Å². The molecule has 0 bridgehead atoms. The van der Waals surface area contributed by atoms with Gasteiger partial charge in [0.2, 0.25) is 0 Å². The summed E-state index contributed by atoms with van der Waals surface area (Å²) in [4.78, 5) is 17.4. The smallest absolute Gasteiger partial charge is 0.282 e. The average molecular weight is 468 g/mol. The minimum atomic E-state index is -3.64. The number of ether oxygens (including phenoxy) is 1. The fraction of sp³-hybridized carbons (Fsp3) is 0.409.